The number of methoxy groups -OCH3 is 3. The highest BCUT2D eigenvalue weighted by molar-refractivity contribution is 5.75. The van der Waals surface area contributed by atoms with Gasteiger partial charge in [0, 0.05) is 24.6 Å². The number of nitrogens with zero attached hydrogens (tertiary/aromatic N) is 2. The summed E-state index contributed by atoms with van der Waals surface area (Å²) in [6.45, 7) is 0.524. The van der Waals surface area contributed by atoms with E-state index in [1.165, 1.54) is 27.4 Å². The molecule has 2 rings (SSSR count). The molecule has 10 nitrogen and oxygen atoms in total. The number of ether oxygens (including phenoxy) is 4. The maximum atomic E-state index is 12.1. The van der Waals surface area contributed by atoms with Crippen LogP contribution in [0, 0.1) is 21.4 Å². The number of nitrogens with one attached hydrogen (secondary N) is 1. The number of nitro groups is 1. The second-order valence-corrected chi connectivity index (χ2v) is 6.62. The molecule has 0 saturated heterocycles. The second kappa shape index (κ2) is 12.0. The average molecular weight is 443 g/mol. The van der Waals surface area contributed by atoms with Crippen LogP contribution >= 0.6 is 0 Å². The molecule has 2 aromatic rings. The first-order chi connectivity index (χ1) is 15.4. The summed E-state index contributed by atoms with van der Waals surface area (Å²) in [5, 5.41) is 23.0. The Labute approximate surface area is 185 Å². The number of hydrogen-bond donors (Lipinski definition) is 1. The van der Waals surface area contributed by atoms with Crippen molar-refractivity contribution in [3.8, 4) is 29.1 Å². The molecule has 170 valence electrons. The topological polar surface area (TPSA) is 133 Å². The zero-order chi connectivity index (χ0) is 23.5. The summed E-state index contributed by atoms with van der Waals surface area (Å²) < 4.78 is 21.1. The van der Waals surface area contributed by atoms with Crippen LogP contribution < -0.4 is 24.3 Å². The third-order valence-electron chi connectivity index (χ3n) is 4.60. The molecule has 0 aromatic heterocycles. The number of nitro benzene ring substituents is 1. The van der Waals surface area contributed by atoms with Crippen LogP contribution in [0.4, 0.5) is 5.69 Å². The summed E-state index contributed by atoms with van der Waals surface area (Å²) >= 11 is 0. The summed E-state index contributed by atoms with van der Waals surface area (Å²) in [7, 11) is 4.34. The van der Waals surface area contributed by atoms with Crippen LogP contribution in [0.5, 0.6) is 23.0 Å². The van der Waals surface area contributed by atoms with Crippen molar-refractivity contribution < 1.29 is 28.7 Å². The number of rotatable bonds is 12. The standard InChI is InChI=1S/C22H25N3O7/c1-29-19-11-15(14-23)6-7-18(19)32-10-4-5-22(26)24-9-8-16-12-20(30-2)21(31-3)13-17(16)25(27)28/h6-7,11-13H,4-5,8-10H2,1-3H3,(H,24,26). The van der Waals surface area contributed by atoms with E-state index in [0.717, 1.165) is 0 Å². The molecule has 0 radical (unpaired) electrons. The molecule has 0 atom stereocenters. The maximum absolute atomic E-state index is 12.1. The van der Waals surface area contributed by atoms with Crippen molar-refractivity contribution >= 4 is 11.6 Å². The molecule has 10 heteroatoms. The molecule has 0 unspecified atom stereocenters. The highest BCUT2D eigenvalue weighted by Gasteiger charge is 2.19. The van der Waals surface area contributed by atoms with Gasteiger partial charge in [-0.1, -0.05) is 0 Å². The summed E-state index contributed by atoms with van der Waals surface area (Å²) in [5.41, 5.74) is 0.800. The molecule has 1 N–H and O–H groups in total. The molecule has 32 heavy (non-hydrogen) atoms. The number of hydrogen-bond acceptors (Lipinski definition) is 8. The Bertz CT molecular complexity index is 1000. The Morgan fingerprint density at radius 2 is 1.72 bits per heavy atom. The molecule has 1 amide bonds. The van der Waals surface area contributed by atoms with Crippen LogP contribution in [-0.2, 0) is 11.2 Å². The summed E-state index contributed by atoms with van der Waals surface area (Å²) in [6, 6.07) is 9.73. The highest BCUT2D eigenvalue weighted by Crippen LogP contribution is 2.34. The van der Waals surface area contributed by atoms with Gasteiger partial charge in [0.2, 0.25) is 5.91 Å². The number of carbonyl (C=O) groups is 1. The van der Waals surface area contributed by atoms with Gasteiger partial charge in [-0.15, -0.1) is 0 Å². The first kappa shape index (κ1) is 24.3. The molecule has 2 aromatic carbocycles. The third kappa shape index (κ3) is 6.50. The lowest BCUT2D eigenvalue weighted by Crippen LogP contribution is -2.26. The summed E-state index contributed by atoms with van der Waals surface area (Å²) in [6.07, 6.45) is 0.958. The minimum Gasteiger partial charge on any atom is -0.493 e. The molecule has 0 fully saturated rings. The fraction of sp³-hybridized carbons (Fsp3) is 0.364. The first-order valence-corrected chi connectivity index (χ1v) is 9.80. The lowest BCUT2D eigenvalue weighted by molar-refractivity contribution is -0.385. The minimum atomic E-state index is -0.492. The van der Waals surface area contributed by atoms with Gasteiger partial charge in [0.15, 0.2) is 23.0 Å². The van der Waals surface area contributed by atoms with Gasteiger partial charge in [-0.3, -0.25) is 14.9 Å². The van der Waals surface area contributed by atoms with E-state index in [0.29, 0.717) is 34.8 Å². The maximum Gasteiger partial charge on any atom is 0.276 e. The van der Waals surface area contributed by atoms with Crippen molar-refractivity contribution in [1.82, 2.24) is 5.32 Å². The molecule has 0 aliphatic rings. The van der Waals surface area contributed by atoms with E-state index in [1.54, 1.807) is 24.3 Å². The van der Waals surface area contributed by atoms with E-state index in [2.05, 4.69) is 5.32 Å². The van der Waals surface area contributed by atoms with Gasteiger partial charge >= 0.3 is 0 Å². The Morgan fingerprint density at radius 1 is 1.06 bits per heavy atom. The van der Waals surface area contributed by atoms with E-state index in [-0.39, 0.29) is 43.3 Å². The third-order valence-corrected chi connectivity index (χ3v) is 4.60. The van der Waals surface area contributed by atoms with Crippen LogP contribution in [0.3, 0.4) is 0 Å². The average Bonchev–Trinajstić information content (AvgIpc) is 2.81. The zero-order valence-corrected chi connectivity index (χ0v) is 18.2. The lowest BCUT2D eigenvalue weighted by atomic mass is 10.1. The molecular weight excluding hydrogens is 418 g/mol. The molecule has 0 bridgehead atoms. The van der Waals surface area contributed by atoms with Crippen molar-refractivity contribution in [1.29, 1.82) is 5.26 Å². The van der Waals surface area contributed by atoms with Crippen molar-refractivity contribution in [2.75, 3.05) is 34.5 Å². The van der Waals surface area contributed by atoms with E-state index >= 15 is 0 Å². The van der Waals surface area contributed by atoms with Crippen molar-refractivity contribution in [3.05, 3.63) is 51.6 Å². The Hall–Kier alpha value is -4.00. The quantitative estimate of drug-likeness (QED) is 0.301. The van der Waals surface area contributed by atoms with Crippen LogP contribution in [-0.4, -0.2) is 45.3 Å². The normalized spacial score (nSPS) is 10.1. The van der Waals surface area contributed by atoms with Gasteiger partial charge < -0.3 is 24.3 Å². The van der Waals surface area contributed by atoms with Gasteiger partial charge in [0.25, 0.3) is 5.69 Å². The predicted molar refractivity (Wildman–Crippen MR) is 115 cm³/mol. The predicted octanol–water partition coefficient (Wildman–Crippen LogP) is 3.01. The van der Waals surface area contributed by atoms with Crippen LogP contribution in [0.2, 0.25) is 0 Å². The van der Waals surface area contributed by atoms with Gasteiger partial charge in [-0.25, -0.2) is 0 Å². The Balaban J connectivity index is 1.82. The van der Waals surface area contributed by atoms with E-state index in [9.17, 15) is 14.9 Å². The molecular formula is C22H25N3O7. The zero-order valence-electron chi connectivity index (χ0n) is 18.2. The van der Waals surface area contributed by atoms with Gasteiger partial charge in [0.1, 0.15) is 0 Å². The SMILES string of the molecule is COc1cc(CCNC(=O)CCCOc2ccc(C#N)cc2OC)c([N+](=O)[O-])cc1OC. The molecule has 0 aliphatic heterocycles. The number of nitriles is 1. The van der Waals surface area contributed by atoms with E-state index in [4.69, 9.17) is 24.2 Å². The summed E-state index contributed by atoms with van der Waals surface area (Å²) in [5.74, 6) is 1.40. The monoisotopic (exact) mass is 443 g/mol. The Morgan fingerprint density at radius 3 is 2.34 bits per heavy atom. The molecule has 0 saturated carbocycles. The lowest BCUT2D eigenvalue weighted by Gasteiger charge is -2.12. The van der Waals surface area contributed by atoms with Crippen molar-refractivity contribution in [2.45, 2.75) is 19.3 Å². The molecule has 0 spiro atoms. The second-order valence-electron chi connectivity index (χ2n) is 6.62. The number of benzene rings is 2. The van der Waals surface area contributed by atoms with Gasteiger partial charge in [-0.2, -0.15) is 5.26 Å². The van der Waals surface area contributed by atoms with Gasteiger partial charge in [0.05, 0.1) is 50.6 Å². The smallest absolute Gasteiger partial charge is 0.276 e. The van der Waals surface area contributed by atoms with Gasteiger partial charge in [-0.05, 0) is 31.0 Å². The van der Waals surface area contributed by atoms with Crippen LogP contribution in [0.15, 0.2) is 30.3 Å². The van der Waals surface area contributed by atoms with Crippen molar-refractivity contribution in [3.63, 3.8) is 0 Å². The Kier molecular flexibility index (Phi) is 9.10. The summed E-state index contributed by atoms with van der Waals surface area (Å²) in [4.78, 5) is 22.9. The molecule has 0 aliphatic carbocycles. The van der Waals surface area contributed by atoms with E-state index in [1.807, 2.05) is 6.07 Å². The fourth-order valence-electron chi connectivity index (χ4n) is 2.98. The van der Waals surface area contributed by atoms with Crippen LogP contribution in [0.25, 0.3) is 0 Å². The highest BCUT2D eigenvalue weighted by atomic mass is 16.6. The molecule has 0 heterocycles. The largest absolute Gasteiger partial charge is 0.493 e. The minimum absolute atomic E-state index is 0.0957. The fourth-order valence-corrected chi connectivity index (χ4v) is 2.98. The van der Waals surface area contributed by atoms with Crippen molar-refractivity contribution in [2.24, 2.45) is 0 Å². The number of carbonyl (C=O) groups excluding carboxylic acids is 1. The van der Waals surface area contributed by atoms with Crippen LogP contribution in [0.1, 0.15) is 24.0 Å². The van der Waals surface area contributed by atoms with E-state index < -0.39 is 4.92 Å². The number of amides is 1. The first-order valence-electron chi connectivity index (χ1n) is 9.80.